The maximum Gasteiger partial charge on any atom is 0.00670 e. The molecule has 0 atom stereocenters. The van der Waals surface area contributed by atoms with Crippen LogP contribution in [0, 0.1) is 0 Å². The van der Waals surface area contributed by atoms with Crippen molar-refractivity contribution in [2.24, 2.45) is 0 Å². The highest BCUT2D eigenvalue weighted by atomic mass is 14.9. The van der Waals surface area contributed by atoms with Crippen molar-refractivity contribution in [1.82, 2.24) is 10.6 Å². The van der Waals surface area contributed by atoms with Gasteiger partial charge >= 0.3 is 0 Å². The van der Waals surface area contributed by atoms with E-state index in [0.717, 1.165) is 6.04 Å². The van der Waals surface area contributed by atoms with Gasteiger partial charge in [0, 0.05) is 6.04 Å². The summed E-state index contributed by atoms with van der Waals surface area (Å²) in [6, 6.07) is 0.825. The zero-order chi connectivity index (χ0) is 16.4. The summed E-state index contributed by atoms with van der Waals surface area (Å²) in [5, 5.41) is 7.33. The highest BCUT2D eigenvalue weighted by Crippen LogP contribution is 2.17. The lowest BCUT2D eigenvalue weighted by Gasteiger charge is -2.22. The summed E-state index contributed by atoms with van der Waals surface area (Å²) in [4.78, 5) is 0. The molecule has 23 heavy (non-hydrogen) atoms. The molecule has 1 aliphatic carbocycles. The summed E-state index contributed by atoms with van der Waals surface area (Å²) in [6.07, 6.45) is 22.8. The second-order valence-corrected chi connectivity index (χ2v) is 7.57. The third-order valence-electron chi connectivity index (χ3n) is 5.28. The largest absolute Gasteiger partial charge is 0.317 e. The molecule has 0 unspecified atom stereocenters. The minimum Gasteiger partial charge on any atom is -0.317 e. The molecule has 0 amide bonds. The van der Waals surface area contributed by atoms with Crippen LogP contribution in [0.25, 0.3) is 0 Å². The Bertz CT molecular complexity index is 224. The maximum absolute atomic E-state index is 3.72. The van der Waals surface area contributed by atoms with Gasteiger partial charge in [-0.3, -0.25) is 0 Å². The van der Waals surface area contributed by atoms with E-state index in [9.17, 15) is 0 Å². The zero-order valence-electron chi connectivity index (χ0n) is 16.0. The molecule has 0 saturated heterocycles. The quantitative estimate of drug-likeness (QED) is 0.350. The fourth-order valence-corrected chi connectivity index (χ4v) is 3.69. The number of rotatable bonds is 16. The monoisotopic (exact) mass is 324 g/mol. The SMILES string of the molecule is CCCCCCCCCCCCNCCCNC1CCCCC1. The second-order valence-electron chi connectivity index (χ2n) is 7.57. The van der Waals surface area contributed by atoms with Crippen molar-refractivity contribution in [1.29, 1.82) is 0 Å². The van der Waals surface area contributed by atoms with E-state index in [1.165, 1.54) is 122 Å². The molecule has 0 heterocycles. The van der Waals surface area contributed by atoms with Crippen molar-refractivity contribution < 1.29 is 0 Å². The number of hydrogen-bond acceptors (Lipinski definition) is 2. The standard InChI is InChI=1S/C21H44N2/c1-2-3-4-5-6-7-8-9-10-14-18-22-19-15-20-23-21-16-12-11-13-17-21/h21-23H,2-20H2,1H3. The first-order valence-electron chi connectivity index (χ1n) is 10.9. The van der Waals surface area contributed by atoms with E-state index in [1.54, 1.807) is 0 Å². The first-order chi connectivity index (χ1) is 11.4. The molecular weight excluding hydrogens is 280 g/mol. The predicted molar refractivity (Wildman–Crippen MR) is 104 cm³/mol. The van der Waals surface area contributed by atoms with Gasteiger partial charge < -0.3 is 10.6 Å². The van der Waals surface area contributed by atoms with Crippen LogP contribution in [-0.4, -0.2) is 25.7 Å². The second kappa shape index (κ2) is 16.8. The van der Waals surface area contributed by atoms with Gasteiger partial charge in [-0.2, -0.15) is 0 Å². The van der Waals surface area contributed by atoms with Crippen LogP contribution in [0.3, 0.4) is 0 Å². The van der Waals surface area contributed by atoms with Crippen LogP contribution in [0.2, 0.25) is 0 Å². The molecule has 0 radical (unpaired) electrons. The van der Waals surface area contributed by atoms with Gasteiger partial charge in [-0.15, -0.1) is 0 Å². The number of hydrogen-bond donors (Lipinski definition) is 2. The third-order valence-corrected chi connectivity index (χ3v) is 5.28. The molecule has 0 aliphatic heterocycles. The van der Waals surface area contributed by atoms with Crippen LogP contribution in [0.1, 0.15) is 110 Å². The number of nitrogens with one attached hydrogen (secondary N) is 2. The molecule has 2 N–H and O–H groups in total. The van der Waals surface area contributed by atoms with E-state index in [2.05, 4.69) is 17.6 Å². The molecular formula is C21H44N2. The molecule has 1 saturated carbocycles. The average Bonchev–Trinajstić information content (AvgIpc) is 2.59. The Kier molecular flexibility index (Phi) is 15.3. The fraction of sp³-hybridized carbons (Fsp3) is 1.00. The molecule has 1 aliphatic rings. The molecule has 138 valence electrons. The van der Waals surface area contributed by atoms with Crippen LogP contribution >= 0.6 is 0 Å². The Balaban J connectivity index is 1.67. The number of unbranched alkanes of at least 4 members (excludes halogenated alkanes) is 9. The summed E-state index contributed by atoms with van der Waals surface area (Å²) in [5.41, 5.74) is 0. The summed E-state index contributed by atoms with van der Waals surface area (Å²) in [6.45, 7) is 5.91. The molecule has 1 rings (SSSR count). The summed E-state index contributed by atoms with van der Waals surface area (Å²) in [5.74, 6) is 0. The first-order valence-corrected chi connectivity index (χ1v) is 10.9. The van der Waals surface area contributed by atoms with Crippen LogP contribution in [0.15, 0.2) is 0 Å². The third kappa shape index (κ3) is 14.0. The van der Waals surface area contributed by atoms with E-state index in [4.69, 9.17) is 0 Å². The van der Waals surface area contributed by atoms with Crippen molar-refractivity contribution in [3.8, 4) is 0 Å². The lowest BCUT2D eigenvalue weighted by Crippen LogP contribution is -2.33. The Hall–Kier alpha value is -0.0800. The van der Waals surface area contributed by atoms with Gasteiger partial charge in [0.15, 0.2) is 0 Å². The van der Waals surface area contributed by atoms with E-state index >= 15 is 0 Å². The topological polar surface area (TPSA) is 24.1 Å². The maximum atomic E-state index is 3.72. The van der Waals surface area contributed by atoms with E-state index in [0.29, 0.717) is 0 Å². The van der Waals surface area contributed by atoms with Gasteiger partial charge in [0.2, 0.25) is 0 Å². The lowest BCUT2D eigenvalue weighted by atomic mass is 9.95. The molecule has 0 aromatic heterocycles. The molecule has 2 heteroatoms. The molecule has 0 aromatic carbocycles. The van der Waals surface area contributed by atoms with Crippen LogP contribution in [-0.2, 0) is 0 Å². The van der Waals surface area contributed by atoms with Gasteiger partial charge in [-0.25, -0.2) is 0 Å². The average molecular weight is 325 g/mol. The Morgan fingerprint density at radius 2 is 1.17 bits per heavy atom. The molecule has 0 bridgehead atoms. The van der Waals surface area contributed by atoms with Crippen molar-refractivity contribution >= 4 is 0 Å². The smallest absolute Gasteiger partial charge is 0.00670 e. The van der Waals surface area contributed by atoms with Crippen molar-refractivity contribution in [2.45, 2.75) is 116 Å². The highest BCUT2D eigenvalue weighted by molar-refractivity contribution is 4.71. The fourth-order valence-electron chi connectivity index (χ4n) is 3.69. The summed E-state index contributed by atoms with van der Waals surface area (Å²) < 4.78 is 0. The molecule has 1 fully saturated rings. The van der Waals surface area contributed by atoms with Crippen molar-refractivity contribution in [3.05, 3.63) is 0 Å². The van der Waals surface area contributed by atoms with Crippen molar-refractivity contribution in [2.75, 3.05) is 19.6 Å². The Labute approximate surface area is 146 Å². The predicted octanol–water partition coefficient (Wildman–Crippen LogP) is 5.81. The van der Waals surface area contributed by atoms with Gasteiger partial charge in [-0.05, 0) is 45.3 Å². The molecule has 0 aromatic rings. The minimum absolute atomic E-state index is 0.825. The normalized spacial score (nSPS) is 16.0. The van der Waals surface area contributed by atoms with E-state index in [-0.39, 0.29) is 0 Å². The van der Waals surface area contributed by atoms with E-state index in [1.807, 2.05) is 0 Å². The Morgan fingerprint density at radius 1 is 0.609 bits per heavy atom. The van der Waals surface area contributed by atoms with Crippen molar-refractivity contribution in [3.63, 3.8) is 0 Å². The first kappa shape index (κ1) is 21.0. The molecule has 2 nitrogen and oxygen atoms in total. The molecule has 0 spiro atoms. The van der Waals surface area contributed by atoms with Crippen LogP contribution < -0.4 is 10.6 Å². The summed E-state index contributed by atoms with van der Waals surface area (Å²) in [7, 11) is 0. The highest BCUT2D eigenvalue weighted by Gasteiger charge is 2.11. The Morgan fingerprint density at radius 3 is 1.83 bits per heavy atom. The van der Waals surface area contributed by atoms with Crippen LogP contribution in [0.5, 0.6) is 0 Å². The van der Waals surface area contributed by atoms with Crippen LogP contribution in [0.4, 0.5) is 0 Å². The lowest BCUT2D eigenvalue weighted by molar-refractivity contribution is 0.371. The zero-order valence-corrected chi connectivity index (χ0v) is 16.0. The van der Waals surface area contributed by atoms with Gasteiger partial charge in [-0.1, -0.05) is 84.0 Å². The van der Waals surface area contributed by atoms with E-state index < -0.39 is 0 Å². The van der Waals surface area contributed by atoms with Gasteiger partial charge in [0.05, 0.1) is 0 Å². The minimum atomic E-state index is 0.825. The van der Waals surface area contributed by atoms with Gasteiger partial charge in [0.1, 0.15) is 0 Å². The summed E-state index contributed by atoms with van der Waals surface area (Å²) >= 11 is 0. The van der Waals surface area contributed by atoms with Gasteiger partial charge in [0.25, 0.3) is 0 Å².